The third kappa shape index (κ3) is 3.64. The quantitative estimate of drug-likeness (QED) is 0.808. The number of thioether (sulfide) groups is 1. The maximum absolute atomic E-state index is 12.3. The molecule has 0 unspecified atom stereocenters. The van der Waals surface area contributed by atoms with Crippen LogP contribution in [0.2, 0.25) is 0 Å². The SMILES string of the molecule is CC(C)n1cnnc1S[C@@H](C)C(=O)NCc1ccc2c(c1)OCO2. The first-order chi connectivity index (χ1) is 11.5. The van der Waals surface area contributed by atoms with Crippen LogP contribution in [-0.4, -0.2) is 32.7 Å². The van der Waals surface area contributed by atoms with Gasteiger partial charge in [-0.1, -0.05) is 17.8 Å². The van der Waals surface area contributed by atoms with Gasteiger partial charge in [-0.2, -0.15) is 0 Å². The van der Waals surface area contributed by atoms with Crippen molar-refractivity contribution in [2.45, 2.75) is 43.8 Å². The summed E-state index contributed by atoms with van der Waals surface area (Å²) in [6, 6.07) is 5.91. The minimum absolute atomic E-state index is 0.0454. The molecule has 0 fully saturated rings. The zero-order valence-corrected chi connectivity index (χ0v) is 14.7. The molecule has 1 amide bonds. The van der Waals surface area contributed by atoms with E-state index in [1.807, 2.05) is 29.7 Å². The highest BCUT2D eigenvalue weighted by atomic mass is 32.2. The molecule has 8 heteroatoms. The van der Waals surface area contributed by atoms with Gasteiger partial charge in [0, 0.05) is 12.6 Å². The number of amides is 1. The molecule has 128 valence electrons. The van der Waals surface area contributed by atoms with Gasteiger partial charge in [-0.3, -0.25) is 4.79 Å². The molecule has 0 aliphatic carbocycles. The van der Waals surface area contributed by atoms with E-state index in [-0.39, 0.29) is 24.0 Å². The van der Waals surface area contributed by atoms with Gasteiger partial charge in [-0.05, 0) is 38.5 Å². The normalized spacial score (nSPS) is 14.0. The maximum atomic E-state index is 12.3. The fraction of sp³-hybridized carbons (Fsp3) is 0.438. The van der Waals surface area contributed by atoms with Gasteiger partial charge in [0.15, 0.2) is 16.7 Å². The van der Waals surface area contributed by atoms with E-state index in [2.05, 4.69) is 29.4 Å². The molecule has 0 saturated carbocycles. The van der Waals surface area contributed by atoms with E-state index in [1.165, 1.54) is 11.8 Å². The number of nitrogens with one attached hydrogen (secondary N) is 1. The maximum Gasteiger partial charge on any atom is 0.233 e. The van der Waals surface area contributed by atoms with Gasteiger partial charge in [0.05, 0.1) is 5.25 Å². The Hall–Kier alpha value is -2.22. The molecule has 0 saturated heterocycles. The topological polar surface area (TPSA) is 78.3 Å². The van der Waals surface area contributed by atoms with Gasteiger partial charge < -0.3 is 19.4 Å². The summed E-state index contributed by atoms with van der Waals surface area (Å²) in [6.45, 7) is 6.65. The van der Waals surface area contributed by atoms with E-state index in [4.69, 9.17) is 9.47 Å². The zero-order chi connectivity index (χ0) is 17.1. The summed E-state index contributed by atoms with van der Waals surface area (Å²) < 4.78 is 12.6. The Morgan fingerprint density at radius 3 is 2.92 bits per heavy atom. The average Bonchev–Trinajstić information content (AvgIpc) is 3.20. The fourth-order valence-corrected chi connectivity index (χ4v) is 3.25. The third-order valence-corrected chi connectivity index (χ3v) is 4.72. The number of carbonyl (C=O) groups is 1. The Bertz CT molecular complexity index is 732. The summed E-state index contributed by atoms with van der Waals surface area (Å²) in [4.78, 5) is 12.3. The van der Waals surface area contributed by atoms with Crippen molar-refractivity contribution >= 4 is 17.7 Å². The van der Waals surface area contributed by atoms with Crippen LogP contribution in [-0.2, 0) is 11.3 Å². The number of carbonyl (C=O) groups excluding carboxylic acids is 1. The first-order valence-electron chi connectivity index (χ1n) is 7.77. The highest BCUT2D eigenvalue weighted by molar-refractivity contribution is 8.00. The third-order valence-electron chi connectivity index (χ3n) is 3.65. The number of aromatic nitrogens is 3. The summed E-state index contributed by atoms with van der Waals surface area (Å²) in [5.41, 5.74) is 0.968. The predicted molar refractivity (Wildman–Crippen MR) is 90.1 cm³/mol. The number of benzene rings is 1. The van der Waals surface area contributed by atoms with Crippen LogP contribution in [0.15, 0.2) is 29.7 Å². The molecule has 3 rings (SSSR count). The number of rotatable bonds is 6. The predicted octanol–water partition coefficient (Wildman–Crippen LogP) is 2.38. The van der Waals surface area contributed by atoms with Crippen LogP contribution < -0.4 is 14.8 Å². The van der Waals surface area contributed by atoms with Gasteiger partial charge in [-0.25, -0.2) is 0 Å². The van der Waals surface area contributed by atoms with Crippen LogP contribution in [0.4, 0.5) is 0 Å². The van der Waals surface area contributed by atoms with Crippen LogP contribution in [0.5, 0.6) is 11.5 Å². The van der Waals surface area contributed by atoms with E-state index in [0.29, 0.717) is 12.3 Å². The van der Waals surface area contributed by atoms with Crippen LogP contribution in [0.1, 0.15) is 32.4 Å². The number of hydrogen-bond acceptors (Lipinski definition) is 6. The number of nitrogens with zero attached hydrogens (tertiary/aromatic N) is 3. The van der Waals surface area contributed by atoms with E-state index in [9.17, 15) is 4.79 Å². The van der Waals surface area contributed by atoms with Gasteiger partial charge in [0.25, 0.3) is 0 Å². The highest BCUT2D eigenvalue weighted by Gasteiger charge is 2.19. The Kier molecular flexibility index (Phi) is 4.94. The minimum Gasteiger partial charge on any atom is -0.454 e. The summed E-state index contributed by atoms with van der Waals surface area (Å²) >= 11 is 1.40. The first kappa shape index (κ1) is 16.6. The Morgan fingerprint density at radius 2 is 2.12 bits per heavy atom. The molecule has 2 heterocycles. The minimum atomic E-state index is -0.263. The molecular weight excluding hydrogens is 328 g/mol. The molecule has 1 atom stereocenters. The highest BCUT2D eigenvalue weighted by Crippen LogP contribution is 2.32. The molecule has 24 heavy (non-hydrogen) atoms. The number of ether oxygens (including phenoxy) is 2. The molecule has 0 spiro atoms. The summed E-state index contributed by atoms with van der Waals surface area (Å²) in [6.07, 6.45) is 1.68. The second-order valence-corrected chi connectivity index (χ2v) is 7.09. The monoisotopic (exact) mass is 348 g/mol. The summed E-state index contributed by atoms with van der Waals surface area (Å²) in [7, 11) is 0. The van der Waals surface area contributed by atoms with Crippen molar-refractivity contribution in [2.75, 3.05) is 6.79 Å². The largest absolute Gasteiger partial charge is 0.454 e. The van der Waals surface area contributed by atoms with Crippen molar-refractivity contribution in [3.63, 3.8) is 0 Å². The molecule has 1 aliphatic heterocycles. The van der Waals surface area contributed by atoms with E-state index in [0.717, 1.165) is 16.5 Å². The van der Waals surface area contributed by atoms with Gasteiger partial charge in [0.1, 0.15) is 6.33 Å². The van der Waals surface area contributed by atoms with Crippen molar-refractivity contribution in [1.82, 2.24) is 20.1 Å². The second-order valence-electron chi connectivity index (χ2n) is 5.78. The molecule has 1 aromatic carbocycles. The number of fused-ring (bicyclic) bond motifs is 1. The van der Waals surface area contributed by atoms with E-state index >= 15 is 0 Å². The van der Waals surface area contributed by atoms with Crippen molar-refractivity contribution in [1.29, 1.82) is 0 Å². The molecule has 0 bridgehead atoms. The first-order valence-corrected chi connectivity index (χ1v) is 8.65. The van der Waals surface area contributed by atoms with Crippen molar-refractivity contribution < 1.29 is 14.3 Å². The molecule has 7 nitrogen and oxygen atoms in total. The average molecular weight is 348 g/mol. The van der Waals surface area contributed by atoms with Gasteiger partial charge in [0.2, 0.25) is 12.7 Å². The standard InChI is InChI=1S/C16H20N4O3S/c1-10(2)20-8-18-19-16(20)24-11(3)15(21)17-7-12-4-5-13-14(6-12)23-9-22-13/h4-6,8,10-11H,7,9H2,1-3H3,(H,17,21)/t11-/m0/s1. The van der Waals surface area contributed by atoms with Gasteiger partial charge >= 0.3 is 0 Å². The lowest BCUT2D eigenvalue weighted by molar-refractivity contribution is -0.120. The van der Waals surface area contributed by atoms with Crippen molar-refractivity contribution in [3.05, 3.63) is 30.1 Å². The zero-order valence-electron chi connectivity index (χ0n) is 13.9. The second kappa shape index (κ2) is 7.12. The Morgan fingerprint density at radius 1 is 1.33 bits per heavy atom. The van der Waals surface area contributed by atoms with Crippen LogP contribution >= 0.6 is 11.8 Å². The fourth-order valence-electron chi connectivity index (χ4n) is 2.27. The Labute approximate surface area is 144 Å². The lowest BCUT2D eigenvalue weighted by atomic mass is 10.2. The van der Waals surface area contributed by atoms with Crippen molar-refractivity contribution in [3.8, 4) is 11.5 Å². The Balaban J connectivity index is 1.55. The van der Waals surface area contributed by atoms with Gasteiger partial charge in [-0.15, -0.1) is 10.2 Å². The summed E-state index contributed by atoms with van der Waals surface area (Å²) in [5, 5.41) is 11.4. The van der Waals surface area contributed by atoms with Crippen molar-refractivity contribution in [2.24, 2.45) is 0 Å². The molecule has 1 N–H and O–H groups in total. The lowest BCUT2D eigenvalue weighted by Gasteiger charge is -2.14. The molecular formula is C16H20N4O3S. The lowest BCUT2D eigenvalue weighted by Crippen LogP contribution is -2.30. The van der Waals surface area contributed by atoms with Crippen LogP contribution in [0.3, 0.4) is 0 Å². The smallest absolute Gasteiger partial charge is 0.233 e. The van der Waals surface area contributed by atoms with Crippen LogP contribution in [0.25, 0.3) is 0 Å². The van der Waals surface area contributed by atoms with E-state index < -0.39 is 0 Å². The molecule has 2 aromatic rings. The van der Waals surface area contributed by atoms with Crippen LogP contribution in [0, 0.1) is 0 Å². The number of hydrogen-bond donors (Lipinski definition) is 1. The van der Waals surface area contributed by atoms with E-state index in [1.54, 1.807) is 6.33 Å². The molecule has 1 aromatic heterocycles. The summed E-state index contributed by atoms with van der Waals surface area (Å²) in [5.74, 6) is 1.41. The molecule has 0 radical (unpaired) electrons. The molecule has 1 aliphatic rings.